The minimum Gasteiger partial charge on any atom is -0.468 e. The van der Waals surface area contributed by atoms with Crippen LogP contribution < -0.4 is 5.32 Å². The first kappa shape index (κ1) is 14.3. The zero-order chi connectivity index (χ0) is 15.1. The van der Waals surface area contributed by atoms with Crippen molar-refractivity contribution in [3.05, 3.63) is 24.2 Å². The first-order valence-electron chi connectivity index (χ1n) is 8.45. The molecular weight excluding hydrogens is 278 g/mol. The standard InChI is InChI=1S/C17H25N3O2/c1-19-15(17(21)18-8-12-4-5-12)7-13-9-20(11-16(13)19)10-14-3-2-6-22-14/h2-3,6,12-13,15-16H,4-5,7-11H2,1H3,(H,18,21)/t13?,15-,16?/m1/s1. The Morgan fingerprint density at radius 1 is 1.41 bits per heavy atom. The predicted octanol–water partition coefficient (Wildman–Crippen LogP) is 1.31. The number of rotatable bonds is 5. The molecule has 22 heavy (non-hydrogen) atoms. The molecule has 4 rings (SSSR count). The van der Waals surface area contributed by atoms with Crippen molar-refractivity contribution in [3.63, 3.8) is 0 Å². The molecule has 2 unspecified atom stereocenters. The number of amides is 1. The molecular formula is C17H25N3O2. The molecule has 5 nitrogen and oxygen atoms in total. The first-order valence-corrected chi connectivity index (χ1v) is 8.45. The lowest BCUT2D eigenvalue weighted by Crippen LogP contribution is -2.46. The number of hydrogen-bond acceptors (Lipinski definition) is 4. The maximum Gasteiger partial charge on any atom is 0.237 e. The zero-order valence-corrected chi connectivity index (χ0v) is 13.2. The van der Waals surface area contributed by atoms with E-state index >= 15 is 0 Å². The van der Waals surface area contributed by atoms with E-state index in [1.807, 2.05) is 12.1 Å². The summed E-state index contributed by atoms with van der Waals surface area (Å²) < 4.78 is 5.44. The van der Waals surface area contributed by atoms with Gasteiger partial charge in [-0.25, -0.2) is 0 Å². The van der Waals surface area contributed by atoms with Crippen LogP contribution in [0.5, 0.6) is 0 Å². The molecule has 1 amide bonds. The van der Waals surface area contributed by atoms with Crippen LogP contribution in [0.4, 0.5) is 0 Å². The van der Waals surface area contributed by atoms with E-state index in [-0.39, 0.29) is 11.9 Å². The predicted molar refractivity (Wildman–Crippen MR) is 83.2 cm³/mol. The molecule has 1 aromatic heterocycles. The van der Waals surface area contributed by atoms with Crippen molar-refractivity contribution >= 4 is 5.91 Å². The lowest BCUT2D eigenvalue weighted by Gasteiger charge is -2.25. The Hall–Kier alpha value is -1.33. The van der Waals surface area contributed by atoms with Crippen LogP contribution >= 0.6 is 0 Å². The average Bonchev–Trinajstić information content (AvgIpc) is 2.90. The van der Waals surface area contributed by atoms with Gasteiger partial charge in [0.1, 0.15) is 5.76 Å². The van der Waals surface area contributed by atoms with E-state index < -0.39 is 0 Å². The third kappa shape index (κ3) is 2.79. The summed E-state index contributed by atoms with van der Waals surface area (Å²) in [5.74, 6) is 2.62. The van der Waals surface area contributed by atoms with Gasteiger partial charge in [-0.05, 0) is 50.3 Å². The molecule has 3 fully saturated rings. The topological polar surface area (TPSA) is 48.7 Å². The van der Waals surface area contributed by atoms with Crippen LogP contribution in [0, 0.1) is 11.8 Å². The molecule has 1 N–H and O–H groups in total. The van der Waals surface area contributed by atoms with E-state index in [0.29, 0.717) is 12.0 Å². The quantitative estimate of drug-likeness (QED) is 0.891. The summed E-state index contributed by atoms with van der Waals surface area (Å²) >= 11 is 0. The Morgan fingerprint density at radius 2 is 2.27 bits per heavy atom. The van der Waals surface area contributed by atoms with E-state index in [9.17, 15) is 4.79 Å². The first-order chi connectivity index (χ1) is 10.7. The molecule has 0 aromatic carbocycles. The molecule has 0 bridgehead atoms. The Balaban J connectivity index is 1.31. The highest BCUT2D eigenvalue weighted by Gasteiger charge is 2.47. The molecule has 3 aliphatic rings. The summed E-state index contributed by atoms with van der Waals surface area (Å²) in [5.41, 5.74) is 0. The number of likely N-dealkylation sites (tertiary alicyclic amines) is 2. The van der Waals surface area contributed by atoms with E-state index in [0.717, 1.165) is 44.3 Å². The Kier molecular flexibility index (Phi) is 3.70. The molecule has 120 valence electrons. The molecule has 3 heterocycles. The molecule has 1 aliphatic carbocycles. The van der Waals surface area contributed by atoms with Crippen LogP contribution in [0.15, 0.2) is 22.8 Å². The summed E-state index contributed by atoms with van der Waals surface area (Å²) in [6, 6.07) is 4.55. The number of hydrogen-bond donors (Lipinski definition) is 1. The van der Waals surface area contributed by atoms with Crippen molar-refractivity contribution in [1.82, 2.24) is 15.1 Å². The monoisotopic (exact) mass is 303 g/mol. The van der Waals surface area contributed by atoms with Gasteiger partial charge in [-0.2, -0.15) is 0 Å². The smallest absolute Gasteiger partial charge is 0.237 e. The SMILES string of the molecule is CN1C2CN(Cc3ccco3)CC2C[C@@H]1C(=O)NCC1CC1. The Morgan fingerprint density at radius 3 is 2.95 bits per heavy atom. The van der Waals surface area contributed by atoms with Crippen LogP contribution in [0.3, 0.4) is 0 Å². The summed E-state index contributed by atoms with van der Waals surface area (Å²) in [7, 11) is 2.11. The molecule has 0 spiro atoms. The van der Waals surface area contributed by atoms with Crippen molar-refractivity contribution in [2.75, 3.05) is 26.7 Å². The van der Waals surface area contributed by atoms with E-state index in [1.165, 1.54) is 12.8 Å². The molecule has 1 saturated carbocycles. The largest absolute Gasteiger partial charge is 0.468 e. The normalized spacial score (nSPS) is 32.3. The summed E-state index contributed by atoms with van der Waals surface area (Å²) in [6.07, 6.45) is 5.30. The van der Waals surface area contributed by atoms with Crippen LogP contribution in [0.1, 0.15) is 25.0 Å². The third-order valence-corrected chi connectivity index (χ3v) is 5.55. The van der Waals surface area contributed by atoms with Gasteiger partial charge in [0.2, 0.25) is 5.91 Å². The molecule has 2 saturated heterocycles. The number of nitrogens with zero attached hydrogens (tertiary/aromatic N) is 2. The van der Waals surface area contributed by atoms with Gasteiger partial charge in [0.15, 0.2) is 0 Å². The molecule has 0 radical (unpaired) electrons. The fraction of sp³-hybridized carbons (Fsp3) is 0.706. The van der Waals surface area contributed by atoms with Crippen LogP contribution in [0.25, 0.3) is 0 Å². The lowest BCUT2D eigenvalue weighted by atomic mass is 10.0. The van der Waals surface area contributed by atoms with Gasteiger partial charge in [0.25, 0.3) is 0 Å². The number of carbonyl (C=O) groups excluding carboxylic acids is 1. The second-order valence-electron chi connectivity index (χ2n) is 7.21. The van der Waals surface area contributed by atoms with Crippen LogP contribution in [-0.2, 0) is 11.3 Å². The maximum atomic E-state index is 12.4. The minimum atomic E-state index is 0.0690. The number of carbonyl (C=O) groups is 1. The Bertz CT molecular complexity index is 526. The van der Waals surface area contributed by atoms with Crippen LogP contribution in [-0.4, -0.2) is 54.5 Å². The molecule has 3 atom stereocenters. The number of likely N-dealkylation sites (N-methyl/N-ethyl adjacent to an activating group) is 1. The summed E-state index contributed by atoms with van der Waals surface area (Å²) in [5, 5.41) is 3.14. The lowest BCUT2D eigenvalue weighted by molar-refractivity contribution is -0.125. The fourth-order valence-corrected chi connectivity index (χ4v) is 4.05. The average molecular weight is 303 g/mol. The van der Waals surface area contributed by atoms with Crippen molar-refractivity contribution in [1.29, 1.82) is 0 Å². The molecule has 5 heteroatoms. The summed E-state index contributed by atoms with van der Waals surface area (Å²) in [6.45, 7) is 3.87. The van der Waals surface area contributed by atoms with E-state index in [1.54, 1.807) is 6.26 Å². The van der Waals surface area contributed by atoms with Crippen molar-refractivity contribution in [2.45, 2.75) is 37.9 Å². The Labute approximate surface area is 131 Å². The van der Waals surface area contributed by atoms with Crippen molar-refractivity contribution in [3.8, 4) is 0 Å². The zero-order valence-electron chi connectivity index (χ0n) is 13.2. The molecule has 1 aromatic rings. The van der Waals surface area contributed by atoms with Crippen molar-refractivity contribution < 1.29 is 9.21 Å². The van der Waals surface area contributed by atoms with E-state index in [2.05, 4.69) is 22.2 Å². The second kappa shape index (κ2) is 5.70. The van der Waals surface area contributed by atoms with Gasteiger partial charge >= 0.3 is 0 Å². The minimum absolute atomic E-state index is 0.0690. The highest BCUT2D eigenvalue weighted by molar-refractivity contribution is 5.82. The highest BCUT2D eigenvalue weighted by Crippen LogP contribution is 2.35. The highest BCUT2D eigenvalue weighted by atomic mass is 16.3. The molecule has 2 aliphatic heterocycles. The van der Waals surface area contributed by atoms with Gasteiger partial charge in [0.05, 0.1) is 18.8 Å². The van der Waals surface area contributed by atoms with E-state index in [4.69, 9.17) is 4.42 Å². The van der Waals surface area contributed by atoms with Gasteiger partial charge in [-0.3, -0.25) is 14.6 Å². The van der Waals surface area contributed by atoms with Crippen molar-refractivity contribution in [2.24, 2.45) is 11.8 Å². The van der Waals surface area contributed by atoms with Gasteiger partial charge in [0, 0.05) is 25.7 Å². The van der Waals surface area contributed by atoms with Gasteiger partial charge in [-0.15, -0.1) is 0 Å². The second-order valence-corrected chi connectivity index (χ2v) is 7.21. The fourth-order valence-electron chi connectivity index (χ4n) is 4.05. The van der Waals surface area contributed by atoms with Gasteiger partial charge < -0.3 is 9.73 Å². The maximum absolute atomic E-state index is 12.4. The van der Waals surface area contributed by atoms with Gasteiger partial charge in [-0.1, -0.05) is 0 Å². The number of nitrogens with one attached hydrogen (secondary N) is 1. The summed E-state index contributed by atoms with van der Waals surface area (Å²) in [4.78, 5) is 17.1. The number of fused-ring (bicyclic) bond motifs is 1. The van der Waals surface area contributed by atoms with Crippen LogP contribution in [0.2, 0.25) is 0 Å². The number of furan rings is 1. The third-order valence-electron chi connectivity index (χ3n) is 5.55.